The third-order valence-corrected chi connectivity index (χ3v) is 1.60. The van der Waals surface area contributed by atoms with Crippen molar-refractivity contribution in [3.63, 3.8) is 0 Å². The minimum Gasteiger partial charge on any atom is -0.465 e. The summed E-state index contributed by atoms with van der Waals surface area (Å²) in [7, 11) is 0. The molecule has 0 N–H and O–H groups in total. The van der Waals surface area contributed by atoms with Crippen molar-refractivity contribution in [2.75, 3.05) is 13.2 Å². The van der Waals surface area contributed by atoms with Gasteiger partial charge in [0.25, 0.3) is 5.95 Å². The first-order valence-electron chi connectivity index (χ1n) is 3.94. The Morgan fingerprint density at radius 2 is 1.64 bits per heavy atom. The van der Waals surface area contributed by atoms with Crippen LogP contribution in [0, 0.1) is 5.41 Å². The van der Waals surface area contributed by atoms with Gasteiger partial charge in [0.15, 0.2) is 0 Å². The van der Waals surface area contributed by atoms with Gasteiger partial charge in [-0.3, -0.25) is 0 Å². The maximum atomic E-state index is 5.41. The molecular weight excluding hydrogens is 140 g/mol. The quantitative estimate of drug-likeness (QED) is 0.536. The van der Waals surface area contributed by atoms with Crippen molar-refractivity contribution in [2.24, 2.45) is 5.41 Å². The Kier molecular flexibility index (Phi) is 2.12. The van der Waals surface area contributed by atoms with Crippen molar-refractivity contribution in [1.82, 2.24) is 0 Å². The Balaban J connectivity index is 2.56. The number of hydrogen-bond acceptors (Lipinski definition) is 2. The van der Waals surface area contributed by atoms with Gasteiger partial charge in [-0.25, -0.2) is 0 Å². The van der Waals surface area contributed by atoms with Gasteiger partial charge in [0.2, 0.25) is 0 Å². The fourth-order valence-corrected chi connectivity index (χ4v) is 0.894. The lowest BCUT2D eigenvalue weighted by Gasteiger charge is -2.31. The van der Waals surface area contributed by atoms with Crippen LogP contribution in [0.5, 0.6) is 0 Å². The van der Waals surface area contributed by atoms with Crippen molar-refractivity contribution in [3.05, 3.63) is 11.5 Å². The highest BCUT2D eigenvalue weighted by atomic mass is 16.7. The van der Waals surface area contributed by atoms with Crippen molar-refractivity contribution < 1.29 is 9.47 Å². The Hall–Kier alpha value is -0.660. The van der Waals surface area contributed by atoms with Crippen LogP contribution in [0.1, 0.15) is 27.7 Å². The molecule has 0 aromatic rings. The second kappa shape index (κ2) is 2.76. The average Bonchev–Trinajstić information content (AvgIpc) is 1.86. The van der Waals surface area contributed by atoms with Gasteiger partial charge in [-0.2, -0.15) is 0 Å². The molecule has 0 amide bonds. The largest absolute Gasteiger partial charge is 0.465 e. The van der Waals surface area contributed by atoms with Gasteiger partial charge in [-0.15, -0.1) is 0 Å². The maximum absolute atomic E-state index is 5.41. The van der Waals surface area contributed by atoms with E-state index < -0.39 is 0 Å². The van der Waals surface area contributed by atoms with Gasteiger partial charge in [0.1, 0.15) is 0 Å². The Labute approximate surface area is 68.2 Å². The van der Waals surface area contributed by atoms with Crippen LogP contribution in [0.2, 0.25) is 0 Å². The molecule has 1 saturated heterocycles. The zero-order valence-corrected chi connectivity index (χ0v) is 7.73. The SMILES string of the molecule is CC(C)=C1OCC(C)(C)CO1. The van der Waals surface area contributed by atoms with Gasteiger partial charge in [-0.05, 0) is 13.8 Å². The summed E-state index contributed by atoms with van der Waals surface area (Å²) in [6.45, 7) is 9.77. The predicted molar refractivity (Wildman–Crippen MR) is 44.1 cm³/mol. The summed E-state index contributed by atoms with van der Waals surface area (Å²) in [5, 5.41) is 0. The predicted octanol–water partition coefficient (Wildman–Crippen LogP) is 2.31. The van der Waals surface area contributed by atoms with E-state index in [0.29, 0.717) is 5.95 Å². The Morgan fingerprint density at radius 3 is 2.00 bits per heavy atom. The highest BCUT2D eigenvalue weighted by Gasteiger charge is 2.26. The summed E-state index contributed by atoms with van der Waals surface area (Å²) < 4.78 is 10.8. The summed E-state index contributed by atoms with van der Waals surface area (Å²) in [5.41, 5.74) is 1.28. The van der Waals surface area contributed by atoms with E-state index in [1.165, 1.54) is 0 Å². The van der Waals surface area contributed by atoms with E-state index in [0.717, 1.165) is 18.8 Å². The molecule has 0 bridgehead atoms. The van der Waals surface area contributed by atoms with Gasteiger partial charge in [0.05, 0.1) is 13.2 Å². The van der Waals surface area contributed by atoms with Crippen LogP contribution in [0.25, 0.3) is 0 Å². The highest BCUT2D eigenvalue weighted by molar-refractivity contribution is 4.97. The van der Waals surface area contributed by atoms with E-state index in [2.05, 4.69) is 13.8 Å². The third kappa shape index (κ3) is 2.14. The summed E-state index contributed by atoms with van der Waals surface area (Å²) in [6, 6.07) is 0. The van der Waals surface area contributed by atoms with Crippen LogP contribution in [0.4, 0.5) is 0 Å². The van der Waals surface area contributed by atoms with Crippen LogP contribution in [-0.2, 0) is 9.47 Å². The van der Waals surface area contributed by atoms with E-state index in [4.69, 9.17) is 9.47 Å². The topological polar surface area (TPSA) is 18.5 Å². The maximum Gasteiger partial charge on any atom is 0.277 e. The minimum absolute atomic E-state index is 0.166. The van der Waals surface area contributed by atoms with Gasteiger partial charge in [0, 0.05) is 11.0 Å². The monoisotopic (exact) mass is 156 g/mol. The lowest BCUT2D eigenvalue weighted by molar-refractivity contribution is -0.0871. The highest BCUT2D eigenvalue weighted by Crippen LogP contribution is 2.25. The molecule has 64 valence electrons. The first-order chi connectivity index (χ1) is 5.01. The van der Waals surface area contributed by atoms with Gasteiger partial charge < -0.3 is 9.47 Å². The molecule has 0 aromatic heterocycles. The molecule has 2 heteroatoms. The minimum atomic E-state index is 0.166. The number of hydrogen-bond donors (Lipinski definition) is 0. The van der Waals surface area contributed by atoms with Crippen molar-refractivity contribution >= 4 is 0 Å². The lowest BCUT2D eigenvalue weighted by Crippen LogP contribution is -2.31. The molecule has 0 radical (unpaired) electrons. The van der Waals surface area contributed by atoms with Crippen LogP contribution in [0.3, 0.4) is 0 Å². The molecule has 1 fully saturated rings. The zero-order chi connectivity index (χ0) is 8.48. The summed E-state index contributed by atoms with van der Waals surface area (Å²) >= 11 is 0. The molecule has 0 aliphatic carbocycles. The zero-order valence-electron chi connectivity index (χ0n) is 7.73. The molecule has 0 atom stereocenters. The number of allylic oxidation sites excluding steroid dienone is 1. The average molecular weight is 156 g/mol. The fourth-order valence-electron chi connectivity index (χ4n) is 0.894. The molecule has 1 heterocycles. The number of ether oxygens (including phenoxy) is 2. The van der Waals surface area contributed by atoms with Crippen molar-refractivity contribution in [3.8, 4) is 0 Å². The Morgan fingerprint density at radius 1 is 1.18 bits per heavy atom. The molecule has 0 aromatic carbocycles. The second-order valence-electron chi connectivity index (χ2n) is 4.03. The summed E-state index contributed by atoms with van der Waals surface area (Å²) in [5.74, 6) is 0.712. The molecule has 1 aliphatic heterocycles. The van der Waals surface area contributed by atoms with E-state index in [-0.39, 0.29) is 5.41 Å². The van der Waals surface area contributed by atoms with Crippen molar-refractivity contribution in [1.29, 1.82) is 0 Å². The molecule has 0 unspecified atom stereocenters. The van der Waals surface area contributed by atoms with Gasteiger partial charge in [-0.1, -0.05) is 13.8 Å². The van der Waals surface area contributed by atoms with Crippen LogP contribution >= 0.6 is 0 Å². The van der Waals surface area contributed by atoms with Gasteiger partial charge >= 0.3 is 0 Å². The molecular formula is C9H16O2. The normalized spacial score (nSPS) is 22.0. The third-order valence-electron chi connectivity index (χ3n) is 1.60. The standard InChI is InChI=1S/C9H16O2/c1-7(2)8-10-5-9(3,4)6-11-8/h5-6H2,1-4H3. The molecule has 2 nitrogen and oxygen atoms in total. The first kappa shape index (κ1) is 8.44. The van der Waals surface area contributed by atoms with E-state index in [1.807, 2.05) is 13.8 Å². The van der Waals surface area contributed by atoms with Crippen LogP contribution in [-0.4, -0.2) is 13.2 Å². The van der Waals surface area contributed by atoms with E-state index >= 15 is 0 Å². The van der Waals surface area contributed by atoms with Crippen LogP contribution < -0.4 is 0 Å². The lowest BCUT2D eigenvalue weighted by atomic mass is 9.96. The molecule has 0 spiro atoms. The molecule has 1 aliphatic rings. The summed E-state index contributed by atoms with van der Waals surface area (Å²) in [4.78, 5) is 0. The van der Waals surface area contributed by atoms with E-state index in [1.54, 1.807) is 0 Å². The summed E-state index contributed by atoms with van der Waals surface area (Å²) in [6.07, 6.45) is 0. The van der Waals surface area contributed by atoms with Crippen molar-refractivity contribution in [2.45, 2.75) is 27.7 Å². The molecule has 11 heavy (non-hydrogen) atoms. The smallest absolute Gasteiger partial charge is 0.277 e. The Bertz CT molecular complexity index is 164. The second-order valence-corrected chi connectivity index (χ2v) is 4.03. The number of rotatable bonds is 0. The fraction of sp³-hybridized carbons (Fsp3) is 0.778. The van der Waals surface area contributed by atoms with E-state index in [9.17, 15) is 0 Å². The first-order valence-corrected chi connectivity index (χ1v) is 3.94. The molecule has 0 saturated carbocycles. The van der Waals surface area contributed by atoms with Crippen LogP contribution in [0.15, 0.2) is 11.5 Å². The molecule has 1 rings (SSSR count).